The molecule has 6 rings (SSSR count). The molecule has 2 aromatic carbocycles. The van der Waals surface area contributed by atoms with Gasteiger partial charge in [-0.25, -0.2) is 13.2 Å². The maximum Gasteiger partial charge on any atom is 0.341 e. The topological polar surface area (TPSA) is 109 Å². The van der Waals surface area contributed by atoms with Crippen LogP contribution in [-0.2, 0) is 25.0 Å². The van der Waals surface area contributed by atoms with Gasteiger partial charge in [0.2, 0.25) is 5.91 Å². The summed E-state index contributed by atoms with van der Waals surface area (Å²) < 4.78 is 30.2. The van der Waals surface area contributed by atoms with Gasteiger partial charge in [-0.05, 0) is 68.0 Å². The van der Waals surface area contributed by atoms with Crippen molar-refractivity contribution in [1.82, 2.24) is 15.2 Å². The number of amides is 1. The number of H-pyrrole nitrogens is 1. The molecule has 1 spiro atoms. The molecule has 40 heavy (non-hydrogen) atoms. The van der Waals surface area contributed by atoms with Crippen LogP contribution in [0.5, 0.6) is 0 Å². The summed E-state index contributed by atoms with van der Waals surface area (Å²) in [5.41, 5.74) is 2.42. The first kappa shape index (κ1) is 27.3. The van der Waals surface area contributed by atoms with Gasteiger partial charge >= 0.3 is 5.97 Å². The molecule has 1 saturated heterocycles. The highest BCUT2D eigenvalue weighted by atomic mass is 35.5. The molecule has 1 unspecified atom stereocenters. The van der Waals surface area contributed by atoms with E-state index >= 15 is 0 Å². The van der Waals surface area contributed by atoms with E-state index in [0.29, 0.717) is 46.0 Å². The van der Waals surface area contributed by atoms with E-state index in [1.165, 1.54) is 38.4 Å². The minimum absolute atomic E-state index is 0.0107. The van der Waals surface area contributed by atoms with E-state index in [2.05, 4.69) is 15.2 Å². The van der Waals surface area contributed by atoms with Crippen LogP contribution in [-0.4, -0.2) is 62.6 Å². The van der Waals surface area contributed by atoms with Gasteiger partial charge < -0.3 is 15.0 Å². The van der Waals surface area contributed by atoms with Crippen LogP contribution in [0.25, 0.3) is 22.0 Å². The molecule has 10 heteroatoms. The number of carbonyl (C=O) groups is 2. The highest BCUT2D eigenvalue weighted by molar-refractivity contribution is 7.90. The lowest BCUT2D eigenvalue weighted by atomic mass is 9.88. The number of nitrogens with zero attached hydrogens (tertiary/aromatic N) is 1. The summed E-state index contributed by atoms with van der Waals surface area (Å²) in [6.45, 7) is 2.20. The molecule has 2 N–H and O–H groups in total. The molecule has 1 aliphatic carbocycles. The minimum atomic E-state index is -3.38. The molecule has 1 saturated carbocycles. The summed E-state index contributed by atoms with van der Waals surface area (Å²) in [5, 5.41) is 4.20. The number of ether oxygens (including phenoxy) is 1. The predicted molar refractivity (Wildman–Crippen MR) is 154 cm³/mol. The maximum atomic E-state index is 13.2. The first-order valence-electron chi connectivity index (χ1n) is 14.0. The van der Waals surface area contributed by atoms with E-state index in [1.54, 1.807) is 24.3 Å². The van der Waals surface area contributed by atoms with Crippen LogP contribution in [0.15, 0.2) is 41.3 Å². The average Bonchev–Trinajstić information content (AvgIpc) is 3.42. The van der Waals surface area contributed by atoms with Crippen molar-refractivity contribution in [3.05, 3.63) is 52.7 Å². The summed E-state index contributed by atoms with van der Waals surface area (Å²) in [6.07, 6.45) is 8.77. The zero-order valence-corrected chi connectivity index (χ0v) is 24.2. The fourth-order valence-electron chi connectivity index (χ4n) is 6.60. The fraction of sp³-hybridized carbons (Fsp3) is 0.467. The number of fused-ring (bicyclic) bond motifs is 4. The van der Waals surface area contributed by atoms with Gasteiger partial charge in [0, 0.05) is 40.8 Å². The highest BCUT2D eigenvalue weighted by Crippen LogP contribution is 2.46. The summed E-state index contributed by atoms with van der Waals surface area (Å²) in [7, 11) is -3.38. The van der Waals surface area contributed by atoms with E-state index in [1.807, 2.05) is 12.1 Å². The zero-order chi connectivity index (χ0) is 28.1. The molecule has 3 aliphatic rings. The zero-order valence-electron chi connectivity index (χ0n) is 22.6. The largest absolute Gasteiger partial charge is 0.448 e. The Hall–Kier alpha value is -2.88. The molecular formula is C30H34ClN3O5S. The molecule has 2 fully saturated rings. The summed E-state index contributed by atoms with van der Waals surface area (Å²) >= 11 is 6.69. The number of aromatic nitrogens is 1. The van der Waals surface area contributed by atoms with Gasteiger partial charge in [0.05, 0.1) is 22.7 Å². The van der Waals surface area contributed by atoms with E-state index in [-0.39, 0.29) is 17.3 Å². The number of hydrogen-bond donors (Lipinski definition) is 2. The molecule has 1 aromatic heterocycles. The summed E-state index contributed by atoms with van der Waals surface area (Å²) in [6, 6.07) is 10.3. The maximum absolute atomic E-state index is 13.2. The molecule has 0 bridgehead atoms. The monoisotopic (exact) mass is 583 g/mol. The van der Waals surface area contributed by atoms with Gasteiger partial charge in [-0.1, -0.05) is 43.0 Å². The molecule has 212 valence electrons. The second-order valence-electron chi connectivity index (χ2n) is 11.6. The van der Waals surface area contributed by atoms with Crippen molar-refractivity contribution in [1.29, 1.82) is 0 Å². The molecule has 8 nitrogen and oxygen atoms in total. The van der Waals surface area contributed by atoms with Crippen molar-refractivity contribution in [2.45, 2.75) is 55.4 Å². The van der Waals surface area contributed by atoms with Crippen molar-refractivity contribution in [3.8, 4) is 11.1 Å². The lowest BCUT2D eigenvalue weighted by Crippen LogP contribution is -2.50. The Labute approximate surface area is 239 Å². The SMILES string of the molecule is CS(=O)(=O)c1cccc(-c2cc3[nH]c4c(c3cc2Cl)C(=O)OC42CCCN(CC(=O)NCC3CCCCC3)C2)c1. The van der Waals surface area contributed by atoms with Crippen LogP contribution < -0.4 is 5.32 Å². The van der Waals surface area contributed by atoms with E-state index in [9.17, 15) is 18.0 Å². The number of carbonyl (C=O) groups excluding carboxylic acids is 2. The normalized spacial score (nSPS) is 22.0. The van der Waals surface area contributed by atoms with Gasteiger partial charge in [-0.2, -0.15) is 0 Å². The molecule has 0 radical (unpaired) electrons. The Morgan fingerprint density at radius 1 is 1.18 bits per heavy atom. The van der Waals surface area contributed by atoms with Gasteiger partial charge in [-0.15, -0.1) is 0 Å². The number of benzene rings is 2. The number of rotatable bonds is 6. The number of sulfone groups is 1. The molecule has 3 heterocycles. The third kappa shape index (κ3) is 5.15. The lowest BCUT2D eigenvalue weighted by molar-refractivity contribution is -0.124. The number of piperidine rings is 1. The Kier molecular flexibility index (Phi) is 7.17. The predicted octanol–water partition coefficient (Wildman–Crippen LogP) is 5.05. The number of hydrogen-bond acceptors (Lipinski definition) is 6. The van der Waals surface area contributed by atoms with Crippen molar-refractivity contribution < 1.29 is 22.7 Å². The fourth-order valence-corrected chi connectivity index (χ4v) is 7.54. The standard InChI is InChI=1S/C30H34ClN3O5S/c1-40(37,38)21-10-5-9-20(13-21)22-15-25-23(14-24(22)31)27-28(33-25)30(39-29(27)36)11-6-12-34(18-30)17-26(35)32-16-19-7-3-2-4-8-19/h5,9-10,13-15,19,33H,2-4,6-8,11-12,16-18H2,1H3,(H,32,35). The first-order valence-corrected chi connectivity index (χ1v) is 16.3. The Morgan fingerprint density at radius 2 is 1.98 bits per heavy atom. The van der Waals surface area contributed by atoms with Crippen LogP contribution in [0.4, 0.5) is 0 Å². The first-order chi connectivity index (χ1) is 19.1. The second-order valence-corrected chi connectivity index (χ2v) is 14.0. The van der Waals surface area contributed by atoms with E-state index < -0.39 is 21.4 Å². The van der Waals surface area contributed by atoms with Crippen LogP contribution in [0.3, 0.4) is 0 Å². The Balaban J connectivity index is 1.25. The number of halogens is 1. The Bertz CT molecular complexity index is 1590. The molecule has 1 amide bonds. The van der Waals surface area contributed by atoms with Crippen molar-refractivity contribution >= 4 is 44.2 Å². The van der Waals surface area contributed by atoms with Crippen molar-refractivity contribution in [2.75, 3.05) is 32.4 Å². The van der Waals surface area contributed by atoms with Gasteiger partial charge in [-0.3, -0.25) is 9.69 Å². The molecule has 2 aliphatic heterocycles. The minimum Gasteiger partial charge on any atom is -0.448 e. The number of aromatic amines is 1. The van der Waals surface area contributed by atoms with Gasteiger partial charge in [0.25, 0.3) is 0 Å². The van der Waals surface area contributed by atoms with Crippen LogP contribution in [0.2, 0.25) is 5.02 Å². The average molecular weight is 584 g/mol. The van der Waals surface area contributed by atoms with Gasteiger partial charge in [0.15, 0.2) is 15.4 Å². The van der Waals surface area contributed by atoms with Crippen LogP contribution >= 0.6 is 11.6 Å². The lowest BCUT2D eigenvalue weighted by Gasteiger charge is -2.38. The van der Waals surface area contributed by atoms with E-state index in [4.69, 9.17) is 16.3 Å². The van der Waals surface area contributed by atoms with Crippen LogP contribution in [0, 0.1) is 5.92 Å². The number of likely N-dealkylation sites (tertiary alicyclic amines) is 1. The number of esters is 1. The van der Waals surface area contributed by atoms with E-state index in [0.717, 1.165) is 30.7 Å². The smallest absolute Gasteiger partial charge is 0.341 e. The number of nitrogens with one attached hydrogen (secondary N) is 2. The molecular weight excluding hydrogens is 550 g/mol. The van der Waals surface area contributed by atoms with Crippen molar-refractivity contribution in [3.63, 3.8) is 0 Å². The Morgan fingerprint density at radius 3 is 2.75 bits per heavy atom. The third-order valence-corrected chi connectivity index (χ3v) is 10.0. The quantitative estimate of drug-likeness (QED) is 0.393. The third-order valence-electron chi connectivity index (χ3n) is 8.62. The second kappa shape index (κ2) is 10.5. The highest BCUT2D eigenvalue weighted by Gasteiger charge is 2.50. The molecule has 1 atom stereocenters. The van der Waals surface area contributed by atoms with Crippen molar-refractivity contribution in [2.24, 2.45) is 5.92 Å². The molecule has 3 aromatic rings. The van der Waals surface area contributed by atoms with Gasteiger partial charge in [0.1, 0.15) is 0 Å². The van der Waals surface area contributed by atoms with Crippen LogP contribution in [0.1, 0.15) is 61.0 Å². The summed E-state index contributed by atoms with van der Waals surface area (Å²) in [5.74, 6) is 0.185. The summed E-state index contributed by atoms with van der Waals surface area (Å²) in [4.78, 5) is 31.7.